The van der Waals surface area contributed by atoms with E-state index in [9.17, 15) is 18.4 Å². The summed E-state index contributed by atoms with van der Waals surface area (Å²) in [7, 11) is 1.28. The molecule has 0 unspecified atom stereocenters. The fourth-order valence-corrected chi connectivity index (χ4v) is 3.08. The van der Waals surface area contributed by atoms with Crippen molar-refractivity contribution in [2.45, 2.75) is 50.9 Å². The van der Waals surface area contributed by atoms with Gasteiger partial charge in [-0.1, -0.05) is 26.0 Å². The number of hydrogen-bond donors (Lipinski definition) is 0. The maximum Gasteiger partial charge on any atom is 0.337 e. The number of benzene rings is 1. The number of hydrogen-bond acceptors (Lipinski definition) is 4. The van der Waals surface area contributed by atoms with Gasteiger partial charge in [0.15, 0.2) is 0 Å². The highest BCUT2D eigenvalue weighted by Gasteiger charge is 2.49. The summed E-state index contributed by atoms with van der Waals surface area (Å²) in [6, 6.07) is 6.36. The highest BCUT2D eigenvalue weighted by Crippen LogP contribution is 2.46. The van der Waals surface area contributed by atoms with Crippen LogP contribution in [-0.4, -0.2) is 31.6 Å². The molecule has 1 fully saturated rings. The molecule has 1 saturated carbocycles. The first-order valence-electron chi connectivity index (χ1n) is 8.44. The van der Waals surface area contributed by atoms with Crippen molar-refractivity contribution in [2.75, 3.05) is 13.7 Å². The number of carbonyl (C=O) groups is 2. The van der Waals surface area contributed by atoms with E-state index in [2.05, 4.69) is 4.74 Å². The summed E-state index contributed by atoms with van der Waals surface area (Å²) in [5, 5.41) is 0. The number of ether oxygens (including phenoxy) is 2. The molecule has 6 heteroatoms. The Bertz CT molecular complexity index is 613. The Morgan fingerprint density at radius 1 is 1.08 bits per heavy atom. The van der Waals surface area contributed by atoms with Crippen molar-refractivity contribution in [3.63, 3.8) is 0 Å². The lowest BCUT2D eigenvalue weighted by Gasteiger charge is -2.38. The van der Waals surface area contributed by atoms with Crippen LogP contribution >= 0.6 is 0 Å². The molecule has 25 heavy (non-hydrogen) atoms. The minimum atomic E-state index is -2.76. The summed E-state index contributed by atoms with van der Waals surface area (Å²) < 4.78 is 37.3. The van der Waals surface area contributed by atoms with Crippen molar-refractivity contribution in [1.82, 2.24) is 0 Å². The number of halogens is 2. The fraction of sp³-hybridized carbons (Fsp3) is 0.579. The lowest BCUT2D eigenvalue weighted by atomic mass is 9.68. The van der Waals surface area contributed by atoms with E-state index in [0.29, 0.717) is 11.1 Å². The molecular formula is C19H24F2O4. The molecule has 0 bridgehead atoms. The molecule has 1 aromatic carbocycles. The Hall–Kier alpha value is -1.98. The molecule has 0 N–H and O–H groups in total. The van der Waals surface area contributed by atoms with Gasteiger partial charge in [-0.3, -0.25) is 4.79 Å². The zero-order valence-electron chi connectivity index (χ0n) is 14.8. The molecular weight excluding hydrogens is 330 g/mol. The van der Waals surface area contributed by atoms with Crippen LogP contribution in [-0.2, 0) is 19.7 Å². The van der Waals surface area contributed by atoms with E-state index < -0.39 is 23.3 Å². The summed E-state index contributed by atoms with van der Waals surface area (Å²) in [5.74, 6) is -3.55. The third-order valence-corrected chi connectivity index (χ3v) is 4.63. The van der Waals surface area contributed by atoms with Gasteiger partial charge in [-0.15, -0.1) is 0 Å². The summed E-state index contributed by atoms with van der Waals surface area (Å²) >= 11 is 0. The monoisotopic (exact) mass is 354 g/mol. The van der Waals surface area contributed by atoms with Gasteiger partial charge in [-0.2, -0.15) is 0 Å². The molecule has 0 heterocycles. The molecule has 0 radical (unpaired) electrons. The van der Waals surface area contributed by atoms with Gasteiger partial charge in [-0.05, 0) is 36.5 Å². The Balaban J connectivity index is 2.31. The van der Waals surface area contributed by atoms with Crippen LogP contribution in [0.3, 0.4) is 0 Å². The second-order valence-corrected chi connectivity index (χ2v) is 7.00. The van der Waals surface area contributed by atoms with E-state index in [0.717, 1.165) is 0 Å². The minimum absolute atomic E-state index is 0.0223. The van der Waals surface area contributed by atoms with Crippen LogP contribution in [0.4, 0.5) is 8.78 Å². The predicted molar refractivity (Wildman–Crippen MR) is 88.7 cm³/mol. The zero-order chi connectivity index (χ0) is 18.7. The average Bonchev–Trinajstić information content (AvgIpc) is 2.59. The molecule has 0 aliphatic heterocycles. The fourth-order valence-electron chi connectivity index (χ4n) is 3.08. The normalized spacial score (nSPS) is 18.6. The van der Waals surface area contributed by atoms with Crippen LogP contribution in [0.2, 0.25) is 0 Å². The van der Waals surface area contributed by atoms with E-state index in [1.54, 1.807) is 24.3 Å². The third kappa shape index (κ3) is 4.35. The van der Waals surface area contributed by atoms with Crippen molar-refractivity contribution in [3.8, 4) is 0 Å². The molecule has 0 spiro atoms. The van der Waals surface area contributed by atoms with Gasteiger partial charge in [0.05, 0.1) is 24.7 Å². The van der Waals surface area contributed by atoms with Crippen molar-refractivity contribution < 1.29 is 27.8 Å². The lowest BCUT2D eigenvalue weighted by molar-refractivity contribution is -0.157. The average molecular weight is 354 g/mol. The van der Waals surface area contributed by atoms with E-state index in [-0.39, 0.29) is 38.2 Å². The van der Waals surface area contributed by atoms with Crippen molar-refractivity contribution in [1.29, 1.82) is 0 Å². The van der Waals surface area contributed by atoms with Crippen LogP contribution < -0.4 is 0 Å². The van der Waals surface area contributed by atoms with Gasteiger partial charge in [0, 0.05) is 12.8 Å². The SMILES string of the molecule is COC(=O)c1ccc(C2(C(=O)OCC(C)C)CCC(F)(F)CC2)cc1. The molecule has 0 atom stereocenters. The lowest BCUT2D eigenvalue weighted by Crippen LogP contribution is -2.44. The molecule has 1 aliphatic rings. The number of methoxy groups -OCH3 is 1. The van der Waals surface area contributed by atoms with Gasteiger partial charge < -0.3 is 9.47 Å². The first-order valence-corrected chi connectivity index (χ1v) is 8.44. The van der Waals surface area contributed by atoms with Crippen LogP contribution in [0, 0.1) is 5.92 Å². The van der Waals surface area contributed by atoms with Gasteiger partial charge in [0.1, 0.15) is 0 Å². The summed E-state index contributed by atoms with van der Waals surface area (Å²) in [6.07, 6.45) is -0.673. The first-order chi connectivity index (χ1) is 11.7. The van der Waals surface area contributed by atoms with E-state index in [1.165, 1.54) is 7.11 Å². The second-order valence-electron chi connectivity index (χ2n) is 7.00. The molecule has 2 rings (SSSR count). The Kier molecular flexibility index (Phi) is 5.80. The van der Waals surface area contributed by atoms with Gasteiger partial charge in [0.2, 0.25) is 5.92 Å². The van der Waals surface area contributed by atoms with Gasteiger partial charge >= 0.3 is 11.9 Å². The zero-order valence-corrected chi connectivity index (χ0v) is 14.8. The number of alkyl halides is 2. The van der Waals surface area contributed by atoms with Crippen LogP contribution in [0.15, 0.2) is 24.3 Å². The van der Waals surface area contributed by atoms with Gasteiger partial charge in [0.25, 0.3) is 0 Å². The van der Waals surface area contributed by atoms with Crippen LogP contribution in [0.1, 0.15) is 55.5 Å². The van der Waals surface area contributed by atoms with Crippen molar-refractivity contribution in [2.24, 2.45) is 5.92 Å². The van der Waals surface area contributed by atoms with E-state index >= 15 is 0 Å². The predicted octanol–water partition coefficient (Wildman–Crippen LogP) is 4.12. The third-order valence-electron chi connectivity index (χ3n) is 4.63. The Morgan fingerprint density at radius 3 is 2.12 bits per heavy atom. The number of esters is 2. The largest absolute Gasteiger partial charge is 0.465 e. The molecule has 1 aromatic rings. The highest BCUT2D eigenvalue weighted by atomic mass is 19.3. The topological polar surface area (TPSA) is 52.6 Å². The summed E-state index contributed by atoms with van der Waals surface area (Å²) in [6.45, 7) is 4.08. The molecule has 0 saturated heterocycles. The summed E-state index contributed by atoms with van der Waals surface area (Å²) in [5.41, 5.74) is -0.145. The van der Waals surface area contributed by atoms with Crippen LogP contribution in [0.25, 0.3) is 0 Å². The standard InChI is InChI=1S/C19H24F2O4/c1-13(2)12-25-17(23)18(8-10-19(20,21)11-9-18)15-6-4-14(5-7-15)16(22)24-3/h4-7,13H,8-12H2,1-3H3. The van der Waals surface area contributed by atoms with Gasteiger partial charge in [-0.25, -0.2) is 13.6 Å². The molecule has 1 aliphatic carbocycles. The smallest absolute Gasteiger partial charge is 0.337 e. The van der Waals surface area contributed by atoms with Crippen LogP contribution in [0.5, 0.6) is 0 Å². The quantitative estimate of drug-likeness (QED) is 0.747. The minimum Gasteiger partial charge on any atom is -0.465 e. The highest BCUT2D eigenvalue weighted by molar-refractivity contribution is 5.90. The Morgan fingerprint density at radius 2 is 1.64 bits per heavy atom. The Labute approximate surface area is 146 Å². The second kappa shape index (κ2) is 7.50. The van der Waals surface area contributed by atoms with E-state index in [1.807, 2.05) is 13.8 Å². The molecule has 0 amide bonds. The summed E-state index contributed by atoms with van der Waals surface area (Å²) in [4.78, 5) is 24.3. The number of carbonyl (C=O) groups excluding carboxylic acids is 2. The maximum atomic E-state index is 13.6. The van der Waals surface area contributed by atoms with Crippen molar-refractivity contribution >= 4 is 11.9 Å². The first kappa shape index (κ1) is 19.3. The molecule has 0 aromatic heterocycles. The number of rotatable bonds is 5. The van der Waals surface area contributed by atoms with E-state index in [4.69, 9.17) is 4.74 Å². The van der Waals surface area contributed by atoms with Crippen molar-refractivity contribution in [3.05, 3.63) is 35.4 Å². The molecule has 4 nitrogen and oxygen atoms in total. The maximum absolute atomic E-state index is 13.6. The molecule has 138 valence electrons.